The van der Waals surface area contributed by atoms with E-state index in [9.17, 15) is 9.18 Å². The third-order valence-corrected chi connectivity index (χ3v) is 3.69. The van der Waals surface area contributed by atoms with Crippen molar-refractivity contribution in [3.05, 3.63) is 40.7 Å². The smallest absolute Gasteiger partial charge is 0.246 e. The highest BCUT2D eigenvalue weighted by Crippen LogP contribution is 2.21. The molecular weight excluding hydrogens is 265 g/mol. The van der Waals surface area contributed by atoms with E-state index >= 15 is 0 Å². The number of piperidine rings is 1. The highest BCUT2D eigenvalue weighted by Gasteiger charge is 2.19. The molecule has 19 heavy (non-hydrogen) atoms. The topological polar surface area (TPSA) is 20.3 Å². The molecule has 1 saturated heterocycles. The molecule has 1 amide bonds. The van der Waals surface area contributed by atoms with Crippen LogP contribution in [0.4, 0.5) is 4.39 Å². The van der Waals surface area contributed by atoms with Crippen molar-refractivity contribution in [1.29, 1.82) is 0 Å². The van der Waals surface area contributed by atoms with Crippen LogP contribution in [0.3, 0.4) is 0 Å². The molecule has 0 aromatic heterocycles. The van der Waals surface area contributed by atoms with E-state index in [0.29, 0.717) is 10.9 Å². The predicted molar refractivity (Wildman–Crippen MR) is 75.4 cm³/mol. The van der Waals surface area contributed by atoms with Gasteiger partial charge in [-0.05, 0) is 37.0 Å². The molecule has 1 aliphatic heterocycles. The minimum atomic E-state index is -0.413. The van der Waals surface area contributed by atoms with E-state index in [1.54, 1.807) is 17.0 Å². The molecule has 1 unspecified atom stereocenters. The van der Waals surface area contributed by atoms with Gasteiger partial charge in [-0.1, -0.05) is 24.6 Å². The molecule has 102 valence electrons. The first kappa shape index (κ1) is 14.1. The van der Waals surface area contributed by atoms with Gasteiger partial charge in [-0.2, -0.15) is 0 Å². The van der Waals surface area contributed by atoms with Crippen LogP contribution in [0.1, 0.15) is 25.3 Å². The van der Waals surface area contributed by atoms with Crippen LogP contribution in [0.2, 0.25) is 5.02 Å². The molecule has 0 aliphatic carbocycles. The SMILES string of the molecule is CC1CCCN(C(=O)C=Cc2c(F)cccc2Cl)C1. The largest absolute Gasteiger partial charge is 0.339 e. The first-order valence-corrected chi connectivity index (χ1v) is 6.86. The van der Waals surface area contributed by atoms with E-state index in [-0.39, 0.29) is 11.5 Å². The summed E-state index contributed by atoms with van der Waals surface area (Å²) in [5.41, 5.74) is 0.266. The first-order valence-electron chi connectivity index (χ1n) is 6.49. The normalized spacial score (nSPS) is 19.9. The molecule has 4 heteroatoms. The molecule has 2 rings (SSSR count). The Hall–Kier alpha value is -1.35. The molecule has 1 aromatic carbocycles. The average Bonchev–Trinajstić information content (AvgIpc) is 2.38. The lowest BCUT2D eigenvalue weighted by Gasteiger charge is -2.30. The second kappa shape index (κ2) is 6.20. The molecule has 0 spiro atoms. The standard InChI is InChI=1S/C15H17ClFNO/c1-11-4-3-9-18(10-11)15(19)8-7-12-13(16)5-2-6-14(12)17/h2,5-8,11H,3-4,9-10H2,1H3. The number of carbonyl (C=O) groups excluding carboxylic acids is 1. The third-order valence-electron chi connectivity index (χ3n) is 3.36. The van der Waals surface area contributed by atoms with E-state index in [1.807, 2.05) is 0 Å². The summed E-state index contributed by atoms with van der Waals surface area (Å²) < 4.78 is 13.5. The number of halogens is 2. The van der Waals surface area contributed by atoms with Crippen LogP contribution in [0.15, 0.2) is 24.3 Å². The van der Waals surface area contributed by atoms with Crippen molar-refractivity contribution in [3.63, 3.8) is 0 Å². The monoisotopic (exact) mass is 281 g/mol. The van der Waals surface area contributed by atoms with Crippen molar-refractivity contribution < 1.29 is 9.18 Å². The van der Waals surface area contributed by atoms with Crippen LogP contribution >= 0.6 is 11.6 Å². The Labute approximate surface area is 117 Å². The molecule has 0 N–H and O–H groups in total. The summed E-state index contributed by atoms with van der Waals surface area (Å²) in [5.74, 6) is 0.0394. The summed E-state index contributed by atoms with van der Waals surface area (Å²) in [4.78, 5) is 13.8. The first-order chi connectivity index (χ1) is 9.08. The maximum atomic E-state index is 13.5. The highest BCUT2D eigenvalue weighted by atomic mass is 35.5. The molecule has 0 radical (unpaired) electrons. The lowest BCUT2D eigenvalue weighted by Crippen LogP contribution is -2.38. The van der Waals surface area contributed by atoms with Crippen LogP contribution in [0.25, 0.3) is 6.08 Å². The summed E-state index contributed by atoms with van der Waals surface area (Å²) in [7, 11) is 0. The van der Waals surface area contributed by atoms with Gasteiger partial charge in [0, 0.05) is 24.7 Å². The van der Waals surface area contributed by atoms with Crippen molar-refractivity contribution in [2.24, 2.45) is 5.92 Å². The second-order valence-corrected chi connectivity index (χ2v) is 5.41. The number of rotatable bonds is 2. The Balaban J connectivity index is 2.08. The van der Waals surface area contributed by atoms with Crippen LogP contribution in [0, 0.1) is 11.7 Å². The molecule has 1 aromatic rings. The molecule has 2 nitrogen and oxygen atoms in total. The van der Waals surface area contributed by atoms with E-state index in [0.717, 1.165) is 25.9 Å². The molecule has 1 heterocycles. The van der Waals surface area contributed by atoms with Gasteiger partial charge in [0.25, 0.3) is 0 Å². The Morgan fingerprint density at radius 2 is 2.32 bits per heavy atom. The van der Waals surface area contributed by atoms with Gasteiger partial charge in [-0.25, -0.2) is 4.39 Å². The number of hydrogen-bond acceptors (Lipinski definition) is 1. The number of amides is 1. The predicted octanol–water partition coefficient (Wildman–Crippen LogP) is 3.75. The van der Waals surface area contributed by atoms with E-state index in [1.165, 1.54) is 18.2 Å². The second-order valence-electron chi connectivity index (χ2n) is 5.00. The minimum Gasteiger partial charge on any atom is -0.339 e. The van der Waals surface area contributed by atoms with Gasteiger partial charge < -0.3 is 4.90 Å². The maximum absolute atomic E-state index is 13.5. The third kappa shape index (κ3) is 3.57. The zero-order chi connectivity index (χ0) is 13.8. The zero-order valence-corrected chi connectivity index (χ0v) is 11.7. The summed E-state index contributed by atoms with van der Waals surface area (Å²) in [6.07, 6.45) is 5.05. The van der Waals surface area contributed by atoms with Gasteiger partial charge in [0.15, 0.2) is 0 Å². The van der Waals surface area contributed by atoms with Crippen molar-refractivity contribution >= 4 is 23.6 Å². The van der Waals surface area contributed by atoms with E-state index in [2.05, 4.69) is 6.92 Å². The number of nitrogens with zero attached hydrogens (tertiary/aromatic N) is 1. The highest BCUT2D eigenvalue weighted by molar-refractivity contribution is 6.32. The van der Waals surface area contributed by atoms with Gasteiger partial charge in [-0.3, -0.25) is 4.79 Å². The van der Waals surface area contributed by atoms with Crippen LogP contribution in [0.5, 0.6) is 0 Å². The Morgan fingerprint density at radius 1 is 1.53 bits per heavy atom. The van der Waals surface area contributed by atoms with Crippen molar-refractivity contribution in [2.45, 2.75) is 19.8 Å². The summed E-state index contributed by atoms with van der Waals surface area (Å²) >= 11 is 5.91. The average molecular weight is 282 g/mol. The van der Waals surface area contributed by atoms with Gasteiger partial charge in [0.1, 0.15) is 5.82 Å². The van der Waals surface area contributed by atoms with Crippen molar-refractivity contribution in [3.8, 4) is 0 Å². The summed E-state index contributed by atoms with van der Waals surface area (Å²) in [6.45, 7) is 3.68. The number of hydrogen-bond donors (Lipinski definition) is 0. The number of benzene rings is 1. The molecule has 1 fully saturated rings. The van der Waals surface area contributed by atoms with E-state index in [4.69, 9.17) is 11.6 Å². The van der Waals surface area contributed by atoms with Gasteiger partial charge in [0.2, 0.25) is 5.91 Å². The molecule has 0 saturated carbocycles. The Bertz CT molecular complexity index is 481. The quantitative estimate of drug-likeness (QED) is 0.756. The van der Waals surface area contributed by atoms with Gasteiger partial charge >= 0.3 is 0 Å². The summed E-state index contributed by atoms with van der Waals surface area (Å²) in [6, 6.07) is 4.49. The van der Waals surface area contributed by atoms with Crippen LogP contribution < -0.4 is 0 Å². The molecular formula is C15H17ClFNO. The lowest BCUT2D eigenvalue weighted by atomic mass is 10.0. The molecule has 1 atom stereocenters. The Morgan fingerprint density at radius 3 is 3.00 bits per heavy atom. The van der Waals surface area contributed by atoms with Crippen molar-refractivity contribution in [2.75, 3.05) is 13.1 Å². The van der Waals surface area contributed by atoms with Gasteiger partial charge in [-0.15, -0.1) is 0 Å². The van der Waals surface area contributed by atoms with Crippen LogP contribution in [-0.2, 0) is 4.79 Å². The summed E-state index contributed by atoms with van der Waals surface area (Å²) in [5, 5.41) is 0.316. The number of likely N-dealkylation sites (tertiary alicyclic amines) is 1. The lowest BCUT2D eigenvalue weighted by molar-refractivity contribution is -0.127. The van der Waals surface area contributed by atoms with Gasteiger partial charge in [0.05, 0.1) is 5.02 Å². The minimum absolute atomic E-state index is 0.0779. The fourth-order valence-electron chi connectivity index (χ4n) is 2.32. The Kier molecular flexibility index (Phi) is 4.59. The number of carbonyl (C=O) groups is 1. The molecule has 0 bridgehead atoms. The van der Waals surface area contributed by atoms with E-state index < -0.39 is 5.82 Å². The fraction of sp³-hybridized carbons (Fsp3) is 0.400. The maximum Gasteiger partial charge on any atom is 0.246 e. The zero-order valence-electron chi connectivity index (χ0n) is 10.9. The molecule has 1 aliphatic rings. The fourth-order valence-corrected chi connectivity index (χ4v) is 2.55. The van der Waals surface area contributed by atoms with Crippen molar-refractivity contribution in [1.82, 2.24) is 4.90 Å². The van der Waals surface area contributed by atoms with Crippen LogP contribution in [-0.4, -0.2) is 23.9 Å².